The van der Waals surface area contributed by atoms with Crippen LogP contribution in [0.3, 0.4) is 0 Å². The number of ether oxygens (including phenoxy) is 2. The van der Waals surface area contributed by atoms with Gasteiger partial charge in [0, 0.05) is 6.54 Å². The van der Waals surface area contributed by atoms with Gasteiger partial charge < -0.3 is 19.3 Å². The molecule has 3 rings (SSSR count). The van der Waals surface area contributed by atoms with Crippen LogP contribution in [0, 0.1) is 13.8 Å². The van der Waals surface area contributed by atoms with E-state index < -0.39 is 5.97 Å². The van der Waals surface area contributed by atoms with Gasteiger partial charge in [-0.2, -0.15) is 0 Å². The molecule has 1 aromatic heterocycles. The van der Waals surface area contributed by atoms with Gasteiger partial charge in [0.15, 0.2) is 6.61 Å². The number of allylic oxidation sites excluding steroid dienone is 1. The molecule has 0 unspecified atom stereocenters. The van der Waals surface area contributed by atoms with E-state index in [1.807, 2.05) is 13.8 Å². The van der Waals surface area contributed by atoms with Crippen LogP contribution >= 0.6 is 0 Å². The summed E-state index contributed by atoms with van der Waals surface area (Å²) in [5.41, 5.74) is 3.46. The maximum atomic E-state index is 12.1. The van der Waals surface area contributed by atoms with Gasteiger partial charge in [-0.1, -0.05) is 16.8 Å². The molecular weight excluding hydrogens is 384 g/mol. The van der Waals surface area contributed by atoms with Gasteiger partial charge in [-0.05, 0) is 70.2 Å². The van der Waals surface area contributed by atoms with Crippen LogP contribution in [0.15, 0.2) is 40.4 Å². The first-order valence-corrected chi connectivity index (χ1v) is 10.3. The number of nitrogens with zero attached hydrogens (tertiary/aromatic N) is 1. The van der Waals surface area contributed by atoms with Gasteiger partial charge in [-0.25, -0.2) is 4.79 Å². The molecule has 1 amide bonds. The number of amides is 1. The molecule has 2 aromatic rings. The number of nitrogens with one attached hydrogen (secondary N) is 1. The van der Waals surface area contributed by atoms with Gasteiger partial charge in [-0.3, -0.25) is 4.79 Å². The number of aromatic nitrogens is 1. The minimum Gasteiger partial charge on any atom is -0.489 e. The number of benzene rings is 1. The third-order valence-corrected chi connectivity index (χ3v) is 5.14. The van der Waals surface area contributed by atoms with Crippen molar-refractivity contribution in [3.8, 4) is 5.75 Å². The lowest BCUT2D eigenvalue weighted by Gasteiger charge is -2.13. The van der Waals surface area contributed by atoms with Crippen molar-refractivity contribution in [2.24, 2.45) is 0 Å². The molecule has 160 valence electrons. The van der Waals surface area contributed by atoms with E-state index in [1.54, 1.807) is 24.3 Å². The highest BCUT2D eigenvalue weighted by molar-refractivity contribution is 5.91. The summed E-state index contributed by atoms with van der Waals surface area (Å²) >= 11 is 0. The Hall–Kier alpha value is -3.09. The van der Waals surface area contributed by atoms with E-state index in [0.29, 0.717) is 24.5 Å². The number of aryl methyl sites for hydroxylation is 2. The van der Waals surface area contributed by atoms with Crippen molar-refractivity contribution < 1.29 is 23.6 Å². The Morgan fingerprint density at radius 2 is 1.97 bits per heavy atom. The van der Waals surface area contributed by atoms with Crippen molar-refractivity contribution in [3.63, 3.8) is 0 Å². The van der Waals surface area contributed by atoms with E-state index in [2.05, 4.69) is 16.5 Å². The van der Waals surface area contributed by atoms with Crippen LogP contribution in [0.2, 0.25) is 0 Å². The fraction of sp³-hybridized carbons (Fsp3) is 0.435. The molecule has 0 fully saturated rings. The summed E-state index contributed by atoms with van der Waals surface area (Å²) < 4.78 is 15.9. The summed E-state index contributed by atoms with van der Waals surface area (Å²) in [7, 11) is 0. The molecule has 7 nitrogen and oxygen atoms in total. The summed E-state index contributed by atoms with van der Waals surface area (Å²) in [4.78, 5) is 24.0. The van der Waals surface area contributed by atoms with Crippen LogP contribution < -0.4 is 10.1 Å². The van der Waals surface area contributed by atoms with E-state index in [0.717, 1.165) is 36.3 Å². The molecule has 30 heavy (non-hydrogen) atoms. The van der Waals surface area contributed by atoms with Crippen LogP contribution in [0.4, 0.5) is 0 Å². The summed E-state index contributed by atoms with van der Waals surface area (Å²) in [6.07, 6.45) is 7.83. The number of hydrogen-bond acceptors (Lipinski definition) is 6. The Labute approximate surface area is 176 Å². The van der Waals surface area contributed by atoms with Crippen LogP contribution in [-0.4, -0.2) is 30.2 Å². The SMILES string of the molecule is Cc1noc(C)c1COc1ccc(C(=O)OCC(=O)NCCC2=CCCCC2)cc1. The molecule has 0 aliphatic heterocycles. The van der Waals surface area contributed by atoms with Crippen molar-refractivity contribution in [2.75, 3.05) is 13.2 Å². The Kier molecular flexibility index (Phi) is 7.65. The summed E-state index contributed by atoms with van der Waals surface area (Å²) in [6, 6.07) is 6.59. The third kappa shape index (κ3) is 6.20. The Morgan fingerprint density at radius 1 is 1.17 bits per heavy atom. The van der Waals surface area contributed by atoms with Gasteiger partial charge in [0.1, 0.15) is 18.1 Å². The highest BCUT2D eigenvalue weighted by atomic mass is 16.5. The molecule has 0 saturated carbocycles. The monoisotopic (exact) mass is 412 g/mol. The fourth-order valence-electron chi connectivity index (χ4n) is 3.31. The molecular formula is C23H28N2O5. The maximum Gasteiger partial charge on any atom is 0.338 e. The number of carbonyl (C=O) groups is 2. The Morgan fingerprint density at radius 3 is 2.63 bits per heavy atom. The number of rotatable bonds is 9. The van der Waals surface area contributed by atoms with Crippen molar-refractivity contribution in [3.05, 3.63) is 58.5 Å². The maximum absolute atomic E-state index is 12.1. The van der Waals surface area contributed by atoms with E-state index in [4.69, 9.17) is 14.0 Å². The van der Waals surface area contributed by atoms with Gasteiger partial charge in [0.2, 0.25) is 0 Å². The van der Waals surface area contributed by atoms with E-state index in [9.17, 15) is 9.59 Å². The van der Waals surface area contributed by atoms with Crippen molar-refractivity contribution in [2.45, 2.75) is 52.6 Å². The Balaban J connectivity index is 1.38. The van der Waals surface area contributed by atoms with Crippen molar-refractivity contribution in [1.82, 2.24) is 10.5 Å². The van der Waals surface area contributed by atoms with E-state index >= 15 is 0 Å². The zero-order chi connectivity index (χ0) is 21.3. The molecule has 0 bridgehead atoms. The molecule has 7 heteroatoms. The standard InChI is InChI=1S/C23H28N2O5/c1-16-21(17(2)30-25-16)14-28-20-10-8-19(9-11-20)23(27)29-15-22(26)24-13-12-18-6-4-3-5-7-18/h6,8-11H,3-5,7,12-15H2,1-2H3,(H,24,26). The zero-order valence-corrected chi connectivity index (χ0v) is 17.5. The van der Waals surface area contributed by atoms with Gasteiger partial charge >= 0.3 is 5.97 Å². The first-order valence-electron chi connectivity index (χ1n) is 10.3. The molecule has 1 heterocycles. The molecule has 0 spiro atoms. The number of carbonyl (C=O) groups excluding carboxylic acids is 2. The average Bonchev–Trinajstić information content (AvgIpc) is 3.09. The van der Waals surface area contributed by atoms with Crippen molar-refractivity contribution >= 4 is 11.9 Å². The van der Waals surface area contributed by atoms with Gasteiger partial charge in [0.05, 0.1) is 16.8 Å². The first kappa shape index (κ1) is 21.6. The molecule has 0 atom stereocenters. The largest absolute Gasteiger partial charge is 0.489 e. The number of hydrogen-bond donors (Lipinski definition) is 1. The molecule has 1 N–H and O–H groups in total. The zero-order valence-electron chi connectivity index (χ0n) is 17.5. The lowest BCUT2D eigenvalue weighted by molar-refractivity contribution is -0.124. The average molecular weight is 412 g/mol. The molecule has 1 aromatic carbocycles. The topological polar surface area (TPSA) is 90.7 Å². The smallest absolute Gasteiger partial charge is 0.338 e. The van der Waals surface area contributed by atoms with E-state index in [1.165, 1.54) is 18.4 Å². The highest BCUT2D eigenvalue weighted by Crippen LogP contribution is 2.20. The van der Waals surface area contributed by atoms with Crippen LogP contribution in [0.5, 0.6) is 5.75 Å². The van der Waals surface area contributed by atoms with Crippen LogP contribution in [0.25, 0.3) is 0 Å². The van der Waals surface area contributed by atoms with Gasteiger partial charge in [0.25, 0.3) is 5.91 Å². The second kappa shape index (κ2) is 10.6. The molecule has 1 aliphatic rings. The second-order valence-corrected chi connectivity index (χ2v) is 7.40. The lowest BCUT2D eigenvalue weighted by Crippen LogP contribution is -2.29. The van der Waals surface area contributed by atoms with E-state index in [-0.39, 0.29) is 12.5 Å². The molecule has 1 aliphatic carbocycles. The number of esters is 1. The summed E-state index contributed by atoms with van der Waals surface area (Å²) in [5.74, 6) is 0.499. The first-order chi connectivity index (χ1) is 14.5. The van der Waals surface area contributed by atoms with Crippen molar-refractivity contribution in [1.29, 1.82) is 0 Å². The Bertz CT molecular complexity index is 879. The minimum atomic E-state index is -0.544. The van der Waals surface area contributed by atoms with Gasteiger partial charge in [-0.15, -0.1) is 0 Å². The fourth-order valence-corrected chi connectivity index (χ4v) is 3.31. The quantitative estimate of drug-likeness (QED) is 0.494. The molecule has 0 saturated heterocycles. The second-order valence-electron chi connectivity index (χ2n) is 7.40. The molecule has 0 radical (unpaired) electrons. The van der Waals surface area contributed by atoms with Crippen LogP contribution in [0.1, 0.15) is 59.5 Å². The summed E-state index contributed by atoms with van der Waals surface area (Å²) in [5, 5.41) is 6.69. The normalized spacial score (nSPS) is 13.5. The minimum absolute atomic E-state index is 0.290. The predicted octanol–water partition coefficient (Wildman–Crippen LogP) is 4.03. The third-order valence-electron chi connectivity index (χ3n) is 5.14. The summed E-state index contributed by atoms with van der Waals surface area (Å²) in [6.45, 7) is 4.31. The predicted molar refractivity (Wildman–Crippen MR) is 111 cm³/mol. The lowest BCUT2D eigenvalue weighted by atomic mass is 9.97. The van der Waals surface area contributed by atoms with Crippen LogP contribution in [-0.2, 0) is 16.1 Å². The highest BCUT2D eigenvalue weighted by Gasteiger charge is 2.12.